The number of aromatic nitrogens is 3. The van der Waals surface area contributed by atoms with Crippen LogP contribution in [0.1, 0.15) is 65.8 Å². The molecule has 4 amide bonds. The topological polar surface area (TPSA) is 133 Å². The van der Waals surface area contributed by atoms with Crippen LogP contribution < -0.4 is 15.0 Å². The molecule has 4 aliphatic heterocycles. The Balaban J connectivity index is 0.661. The SMILES string of the molecule is O=C1CCC(N2C(=O)c3ccc(N4CCN(CC5CCN(C[C@H]6C[C@H](Oc7ncc(-c8ccc9c%10cnccc%10n(C(F)F)c9c8)cc7F)C6)CC5)CC4)cc3C2=O)C(=O)N1. The van der Waals surface area contributed by atoms with Crippen molar-refractivity contribution in [2.75, 3.05) is 57.3 Å². The Labute approximate surface area is 349 Å². The molecule has 16 heteroatoms. The lowest BCUT2D eigenvalue weighted by Gasteiger charge is -2.42. The van der Waals surface area contributed by atoms with Gasteiger partial charge >= 0.3 is 6.55 Å². The zero-order valence-corrected chi connectivity index (χ0v) is 33.4. The minimum absolute atomic E-state index is 0.0417. The Bertz CT molecular complexity index is 2560. The highest BCUT2D eigenvalue weighted by Gasteiger charge is 2.45. The number of halogens is 3. The van der Waals surface area contributed by atoms with Crippen molar-refractivity contribution < 1.29 is 37.1 Å². The molecule has 3 saturated heterocycles. The third-order valence-electron chi connectivity index (χ3n) is 13.3. The number of imide groups is 2. The molecule has 0 bridgehead atoms. The molecule has 7 heterocycles. The van der Waals surface area contributed by atoms with E-state index in [1.165, 1.54) is 18.5 Å². The Kier molecular flexibility index (Phi) is 10.2. The summed E-state index contributed by atoms with van der Waals surface area (Å²) in [5.41, 5.74) is 3.25. The Morgan fingerprint density at radius 1 is 0.754 bits per heavy atom. The molecule has 5 aliphatic rings. The van der Waals surface area contributed by atoms with Gasteiger partial charge in [-0.2, -0.15) is 8.78 Å². The molecule has 4 fully saturated rings. The zero-order valence-electron chi connectivity index (χ0n) is 33.4. The highest BCUT2D eigenvalue weighted by Crippen LogP contribution is 2.38. The first-order valence-electron chi connectivity index (χ1n) is 21.1. The molecular weight excluding hydrogens is 790 g/mol. The number of benzene rings is 2. The first kappa shape index (κ1) is 39.3. The summed E-state index contributed by atoms with van der Waals surface area (Å²) >= 11 is 0. The molecule has 10 rings (SSSR count). The summed E-state index contributed by atoms with van der Waals surface area (Å²) < 4.78 is 50.4. The van der Waals surface area contributed by atoms with Gasteiger partial charge in [0.1, 0.15) is 12.1 Å². The number of alkyl halides is 2. The van der Waals surface area contributed by atoms with Gasteiger partial charge in [-0.25, -0.2) is 9.37 Å². The van der Waals surface area contributed by atoms with E-state index in [1.807, 2.05) is 6.07 Å². The summed E-state index contributed by atoms with van der Waals surface area (Å²) in [6.45, 7) is 4.78. The predicted molar refractivity (Wildman–Crippen MR) is 220 cm³/mol. The molecule has 1 saturated carbocycles. The number of hydrogen-bond donors (Lipinski definition) is 1. The van der Waals surface area contributed by atoms with Crippen LogP contribution >= 0.6 is 0 Å². The van der Waals surface area contributed by atoms with Crippen LogP contribution in [-0.4, -0.2) is 117 Å². The third-order valence-corrected chi connectivity index (χ3v) is 13.3. The molecule has 61 heavy (non-hydrogen) atoms. The van der Waals surface area contributed by atoms with Crippen LogP contribution in [0.4, 0.5) is 18.9 Å². The van der Waals surface area contributed by atoms with Crippen LogP contribution in [0.15, 0.2) is 67.1 Å². The van der Waals surface area contributed by atoms with Crippen molar-refractivity contribution in [2.24, 2.45) is 11.8 Å². The number of piperidine rings is 2. The minimum Gasteiger partial charge on any atom is -0.472 e. The van der Waals surface area contributed by atoms with Crippen molar-refractivity contribution >= 4 is 51.1 Å². The highest BCUT2D eigenvalue weighted by atomic mass is 19.3. The second kappa shape index (κ2) is 15.9. The monoisotopic (exact) mass is 834 g/mol. The fourth-order valence-corrected chi connectivity index (χ4v) is 9.96. The maximum absolute atomic E-state index is 15.3. The molecule has 0 spiro atoms. The molecule has 1 atom stereocenters. The lowest BCUT2D eigenvalue weighted by Crippen LogP contribution is -2.54. The standard InChI is InChI=1S/C45H45F3N8O5/c46-36-19-29(28-1-3-32-35-23-49-10-7-37(35)55(45(47)48)39(32)20-28)22-50-42(36)61-31-17-27(18-31)25-52-11-8-26(9-12-52)24-53-13-15-54(16-14-53)30-2-4-33-34(21-30)44(60)56(43(33)59)38-5-6-40(57)51-41(38)58/h1-4,7,10,19-23,26-27,31,38,45H,5-6,8-9,11-18,24-25H2,(H,51,57,58)/t27-,31-,38?. The first-order valence-corrected chi connectivity index (χ1v) is 21.1. The first-order chi connectivity index (χ1) is 29.6. The highest BCUT2D eigenvalue weighted by molar-refractivity contribution is 6.23. The van der Waals surface area contributed by atoms with Crippen molar-refractivity contribution in [2.45, 2.75) is 57.2 Å². The van der Waals surface area contributed by atoms with Crippen molar-refractivity contribution in [1.29, 1.82) is 0 Å². The summed E-state index contributed by atoms with van der Waals surface area (Å²) in [4.78, 5) is 67.2. The average molecular weight is 835 g/mol. The lowest BCUT2D eigenvalue weighted by atomic mass is 9.81. The average Bonchev–Trinajstić information content (AvgIpc) is 3.71. The molecule has 316 valence electrons. The fraction of sp³-hybridized carbons (Fsp3) is 0.422. The van der Waals surface area contributed by atoms with Gasteiger partial charge in [-0.1, -0.05) is 12.1 Å². The number of anilines is 1. The Morgan fingerprint density at radius 3 is 2.26 bits per heavy atom. The summed E-state index contributed by atoms with van der Waals surface area (Å²) in [5.74, 6) is -1.52. The van der Waals surface area contributed by atoms with E-state index in [1.54, 1.807) is 42.6 Å². The molecule has 5 aromatic rings. The second-order valence-corrected chi connectivity index (χ2v) is 17.1. The number of likely N-dealkylation sites (tertiary alicyclic amines) is 1. The number of carbonyl (C=O) groups is 4. The number of nitrogens with zero attached hydrogens (tertiary/aromatic N) is 7. The number of ether oxygens (including phenoxy) is 1. The molecule has 1 unspecified atom stereocenters. The number of hydrogen-bond acceptors (Lipinski definition) is 10. The van der Waals surface area contributed by atoms with Gasteiger partial charge in [-0.3, -0.25) is 43.8 Å². The largest absolute Gasteiger partial charge is 0.472 e. The number of fused-ring (bicyclic) bond motifs is 4. The second-order valence-electron chi connectivity index (χ2n) is 17.1. The number of amides is 4. The van der Waals surface area contributed by atoms with Gasteiger partial charge in [0.15, 0.2) is 5.82 Å². The van der Waals surface area contributed by atoms with Gasteiger partial charge in [-0.05, 0) is 99.0 Å². The summed E-state index contributed by atoms with van der Waals surface area (Å²) in [6.07, 6.45) is 8.64. The molecular formula is C45H45F3N8O5. The van der Waals surface area contributed by atoms with E-state index in [9.17, 15) is 28.0 Å². The Hall–Kier alpha value is -5.87. The van der Waals surface area contributed by atoms with Gasteiger partial charge in [0.05, 0.1) is 22.2 Å². The van der Waals surface area contributed by atoms with Crippen molar-refractivity contribution in [1.82, 2.24) is 34.6 Å². The summed E-state index contributed by atoms with van der Waals surface area (Å²) in [7, 11) is 0. The van der Waals surface area contributed by atoms with Gasteiger partial charge in [-0.15, -0.1) is 0 Å². The van der Waals surface area contributed by atoms with E-state index in [0.717, 1.165) is 93.2 Å². The lowest BCUT2D eigenvalue weighted by molar-refractivity contribution is -0.136. The van der Waals surface area contributed by atoms with E-state index >= 15 is 4.39 Å². The van der Waals surface area contributed by atoms with E-state index in [2.05, 4.69) is 30.0 Å². The number of pyridine rings is 2. The van der Waals surface area contributed by atoms with Gasteiger partial charge < -0.3 is 14.5 Å². The molecule has 3 aromatic heterocycles. The van der Waals surface area contributed by atoms with Crippen molar-refractivity contribution in [3.8, 4) is 17.0 Å². The number of carbonyl (C=O) groups excluding carboxylic acids is 4. The summed E-state index contributed by atoms with van der Waals surface area (Å²) in [5, 5.41) is 3.52. The van der Waals surface area contributed by atoms with Gasteiger partial charge in [0.2, 0.25) is 11.8 Å². The third kappa shape index (κ3) is 7.39. The Morgan fingerprint density at radius 2 is 1.51 bits per heavy atom. The molecule has 1 N–H and O–H groups in total. The molecule has 13 nitrogen and oxygen atoms in total. The number of piperazine rings is 1. The molecule has 2 aromatic carbocycles. The molecule has 0 radical (unpaired) electrons. The van der Waals surface area contributed by atoms with Crippen LogP contribution in [0, 0.1) is 17.7 Å². The van der Waals surface area contributed by atoms with E-state index in [0.29, 0.717) is 50.3 Å². The number of rotatable bonds is 10. The zero-order chi connectivity index (χ0) is 41.9. The maximum atomic E-state index is 15.3. The van der Waals surface area contributed by atoms with Crippen LogP contribution in [0.3, 0.4) is 0 Å². The fourth-order valence-electron chi connectivity index (χ4n) is 9.96. The van der Waals surface area contributed by atoms with E-state index < -0.39 is 42.0 Å². The predicted octanol–water partition coefficient (Wildman–Crippen LogP) is 5.88. The van der Waals surface area contributed by atoms with Crippen molar-refractivity contribution in [3.05, 3.63) is 84.1 Å². The van der Waals surface area contributed by atoms with Gasteiger partial charge in [0.25, 0.3) is 17.7 Å². The summed E-state index contributed by atoms with van der Waals surface area (Å²) in [6, 6.07) is 12.4. The quantitative estimate of drug-likeness (QED) is 0.170. The van der Waals surface area contributed by atoms with Crippen molar-refractivity contribution in [3.63, 3.8) is 0 Å². The molecule has 1 aliphatic carbocycles. The van der Waals surface area contributed by atoms with Crippen LogP contribution in [0.2, 0.25) is 0 Å². The number of nitrogens with one attached hydrogen (secondary N) is 1. The van der Waals surface area contributed by atoms with Crippen LogP contribution in [-0.2, 0) is 9.59 Å². The normalized spacial score (nSPS) is 23.0. The van der Waals surface area contributed by atoms with E-state index in [4.69, 9.17) is 4.74 Å². The van der Waals surface area contributed by atoms with Crippen LogP contribution in [0.25, 0.3) is 32.9 Å². The smallest absolute Gasteiger partial charge is 0.319 e. The van der Waals surface area contributed by atoms with Crippen LogP contribution in [0.5, 0.6) is 5.88 Å². The maximum Gasteiger partial charge on any atom is 0.319 e. The minimum atomic E-state index is -2.75. The van der Waals surface area contributed by atoms with E-state index in [-0.39, 0.29) is 30.4 Å². The van der Waals surface area contributed by atoms with Gasteiger partial charge in [0, 0.05) is 86.3 Å².